The summed E-state index contributed by atoms with van der Waals surface area (Å²) in [5.41, 5.74) is -2.40. The van der Waals surface area contributed by atoms with Gasteiger partial charge in [0.2, 0.25) is 0 Å². The Labute approximate surface area is 193 Å². The molecular weight excluding hydrogens is 466 g/mol. The van der Waals surface area contributed by atoms with Crippen LogP contribution in [0, 0.1) is 5.92 Å². The van der Waals surface area contributed by atoms with Gasteiger partial charge in [0, 0.05) is 12.5 Å². The molecular formula is C24H26F6O4. The van der Waals surface area contributed by atoms with Crippen LogP contribution in [0.1, 0.15) is 54.0 Å². The number of alkyl halides is 6. The molecule has 188 valence electrons. The van der Waals surface area contributed by atoms with Crippen molar-refractivity contribution in [2.24, 2.45) is 5.92 Å². The van der Waals surface area contributed by atoms with Gasteiger partial charge in [-0.3, -0.25) is 0 Å². The largest absolute Gasteiger partial charge is 0.416 e. The topological polar surface area (TPSA) is 58.9 Å². The van der Waals surface area contributed by atoms with E-state index in [1.807, 2.05) is 0 Å². The van der Waals surface area contributed by atoms with Crippen molar-refractivity contribution in [2.45, 2.75) is 56.5 Å². The molecule has 4 nitrogen and oxygen atoms in total. The summed E-state index contributed by atoms with van der Waals surface area (Å²) >= 11 is 0. The molecule has 10 heteroatoms. The van der Waals surface area contributed by atoms with E-state index in [1.165, 1.54) is 6.92 Å². The number of aliphatic hydroxyl groups excluding tert-OH is 2. The third-order valence-electron chi connectivity index (χ3n) is 6.01. The molecule has 0 aliphatic carbocycles. The van der Waals surface area contributed by atoms with Gasteiger partial charge in [0.25, 0.3) is 0 Å². The second kappa shape index (κ2) is 10.6. The molecule has 5 atom stereocenters. The van der Waals surface area contributed by atoms with Gasteiger partial charge in [0.15, 0.2) is 6.29 Å². The van der Waals surface area contributed by atoms with E-state index in [1.54, 1.807) is 30.3 Å². The monoisotopic (exact) mass is 492 g/mol. The van der Waals surface area contributed by atoms with Crippen molar-refractivity contribution in [3.8, 4) is 0 Å². The summed E-state index contributed by atoms with van der Waals surface area (Å²) in [5.74, 6) is -0.945. The van der Waals surface area contributed by atoms with Gasteiger partial charge in [-0.25, -0.2) is 0 Å². The summed E-state index contributed by atoms with van der Waals surface area (Å²) < 4.78 is 91.3. The van der Waals surface area contributed by atoms with Gasteiger partial charge in [-0.15, -0.1) is 0 Å². The Kier molecular flexibility index (Phi) is 8.28. The quantitative estimate of drug-likeness (QED) is 0.488. The first-order valence-electron chi connectivity index (χ1n) is 10.8. The highest BCUT2D eigenvalue weighted by Crippen LogP contribution is 2.42. The summed E-state index contributed by atoms with van der Waals surface area (Å²) in [7, 11) is 0. The van der Waals surface area contributed by atoms with Crippen molar-refractivity contribution >= 4 is 0 Å². The minimum Gasteiger partial charge on any atom is -0.396 e. The number of hydrogen-bond donors (Lipinski definition) is 2. The van der Waals surface area contributed by atoms with Crippen molar-refractivity contribution in [2.75, 3.05) is 13.2 Å². The van der Waals surface area contributed by atoms with Crippen LogP contribution in [-0.4, -0.2) is 35.8 Å². The van der Waals surface area contributed by atoms with E-state index in [0.29, 0.717) is 18.6 Å². The smallest absolute Gasteiger partial charge is 0.396 e. The van der Waals surface area contributed by atoms with E-state index in [2.05, 4.69) is 0 Å². The summed E-state index contributed by atoms with van der Waals surface area (Å²) in [5, 5.41) is 19.9. The molecule has 1 saturated heterocycles. The fourth-order valence-corrected chi connectivity index (χ4v) is 4.28. The zero-order valence-corrected chi connectivity index (χ0v) is 18.3. The Hall–Kier alpha value is -2.14. The number of rotatable bonds is 7. The highest BCUT2D eigenvalue weighted by atomic mass is 19.4. The van der Waals surface area contributed by atoms with Crippen LogP contribution >= 0.6 is 0 Å². The number of ether oxygens (including phenoxy) is 2. The third kappa shape index (κ3) is 6.29. The average molecular weight is 492 g/mol. The van der Waals surface area contributed by atoms with E-state index < -0.39 is 53.8 Å². The lowest BCUT2D eigenvalue weighted by atomic mass is 9.77. The summed E-state index contributed by atoms with van der Waals surface area (Å²) in [4.78, 5) is 0. The minimum atomic E-state index is -4.97. The standard InChI is InChI=1S/C24H26F6O4/c1-14(16-11-17(23(25,26)27)13-18(12-16)24(28,29)30)34-22-21(15-5-3-2-4-6-15)19(8-10-33-22)20(32)7-9-31/h2-6,11-14,19-22,31-32H,7-10H2,1H3/t14-,19+,20-,21+,22-/m1/s1. The van der Waals surface area contributed by atoms with E-state index in [4.69, 9.17) is 9.47 Å². The zero-order valence-electron chi connectivity index (χ0n) is 18.3. The van der Waals surface area contributed by atoms with Crippen LogP contribution in [0.4, 0.5) is 26.3 Å². The van der Waals surface area contributed by atoms with Crippen molar-refractivity contribution in [1.82, 2.24) is 0 Å². The van der Waals surface area contributed by atoms with Crippen LogP contribution in [0.25, 0.3) is 0 Å². The van der Waals surface area contributed by atoms with E-state index in [-0.39, 0.29) is 31.3 Å². The highest BCUT2D eigenvalue weighted by Gasteiger charge is 2.41. The number of benzene rings is 2. The van der Waals surface area contributed by atoms with Crippen molar-refractivity contribution in [3.63, 3.8) is 0 Å². The summed E-state index contributed by atoms with van der Waals surface area (Å²) in [6.07, 6.45) is -12.5. The van der Waals surface area contributed by atoms with Crippen LogP contribution in [0.15, 0.2) is 48.5 Å². The number of halogens is 6. The summed E-state index contributed by atoms with van der Waals surface area (Å²) in [6.45, 7) is 1.28. The molecule has 1 aliphatic heterocycles. The molecule has 0 aromatic heterocycles. The normalized spacial score (nSPS) is 23.5. The first-order valence-corrected chi connectivity index (χ1v) is 10.8. The molecule has 2 aromatic rings. The van der Waals surface area contributed by atoms with Gasteiger partial charge >= 0.3 is 12.4 Å². The molecule has 1 fully saturated rings. The van der Waals surface area contributed by atoms with Crippen LogP contribution in [0.2, 0.25) is 0 Å². The maximum absolute atomic E-state index is 13.3. The lowest BCUT2D eigenvalue weighted by molar-refractivity contribution is -0.217. The average Bonchev–Trinajstić information content (AvgIpc) is 2.78. The molecule has 0 bridgehead atoms. The number of aliphatic hydroxyl groups is 2. The third-order valence-corrected chi connectivity index (χ3v) is 6.01. The van der Waals surface area contributed by atoms with Gasteiger partial charge < -0.3 is 19.7 Å². The SMILES string of the molecule is C[C@@H](O[C@H]1OCC[C@@H]([C@H](O)CCO)[C@@H]1c1ccccc1)c1cc(C(F)(F)F)cc(C(F)(F)F)c1. The Morgan fingerprint density at radius 2 is 1.59 bits per heavy atom. The minimum absolute atomic E-state index is 0.0708. The van der Waals surface area contributed by atoms with Gasteiger partial charge in [-0.2, -0.15) is 26.3 Å². The Morgan fingerprint density at radius 1 is 1.00 bits per heavy atom. The maximum atomic E-state index is 13.3. The Morgan fingerprint density at radius 3 is 2.12 bits per heavy atom. The molecule has 0 spiro atoms. The van der Waals surface area contributed by atoms with E-state index in [0.717, 1.165) is 5.56 Å². The molecule has 3 rings (SSSR count). The first kappa shape index (κ1) is 26.5. The van der Waals surface area contributed by atoms with Crippen LogP contribution < -0.4 is 0 Å². The fourth-order valence-electron chi connectivity index (χ4n) is 4.28. The summed E-state index contributed by atoms with van der Waals surface area (Å²) in [6, 6.07) is 10.2. The van der Waals surface area contributed by atoms with E-state index >= 15 is 0 Å². The molecule has 0 amide bonds. The molecule has 2 N–H and O–H groups in total. The van der Waals surface area contributed by atoms with Crippen LogP contribution in [0.5, 0.6) is 0 Å². The second-order valence-corrected chi connectivity index (χ2v) is 8.33. The van der Waals surface area contributed by atoms with Crippen molar-refractivity contribution in [3.05, 3.63) is 70.8 Å². The molecule has 34 heavy (non-hydrogen) atoms. The van der Waals surface area contributed by atoms with Gasteiger partial charge in [0.05, 0.1) is 29.9 Å². The molecule has 0 radical (unpaired) electrons. The maximum Gasteiger partial charge on any atom is 0.416 e. The lowest BCUT2D eigenvalue weighted by Crippen LogP contribution is -2.42. The van der Waals surface area contributed by atoms with Crippen molar-refractivity contribution < 1.29 is 46.0 Å². The van der Waals surface area contributed by atoms with E-state index in [9.17, 15) is 36.6 Å². The van der Waals surface area contributed by atoms with Crippen molar-refractivity contribution in [1.29, 1.82) is 0 Å². The number of hydrogen-bond acceptors (Lipinski definition) is 4. The molecule has 1 aliphatic rings. The van der Waals surface area contributed by atoms with Crippen LogP contribution in [-0.2, 0) is 21.8 Å². The Balaban J connectivity index is 1.95. The van der Waals surface area contributed by atoms with Gasteiger partial charge in [-0.05, 0) is 55.0 Å². The molecule has 1 heterocycles. The fraction of sp³-hybridized carbons (Fsp3) is 0.500. The van der Waals surface area contributed by atoms with Crippen LogP contribution in [0.3, 0.4) is 0 Å². The van der Waals surface area contributed by atoms with Gasteiger partial charge in [-0.1, -0.05) is 30.3 Å². The predicted molar refractivity (Wildman–Crippen MR) is 111 cm³/mol. The Bertz CT molecular complexity index is 899. The molecule has 0 saturated carbocycles. The lowest BCUT2D eigenvalue weighted by Gasteiger charge is -2.41. The predicted octanol–water partition coefficient (Wildman–Crippen LogP) is 5.69. The highest BCUT2D eigenvalue weighted by molar-refractivity contribution is 5.34. The first-order chi connectivity index (χ1) is 15.9. The zero-order chi connectivity index (χ0) is 25.1. The molecule has 0 unspecified atom stereocenters. The molecule has 2 aromatic carbocycles. The van der Waals surface area contributed by atoms with Gasteiger partial charge in [0.1, 0.15) is 0 Å². The second-order valence-electron chi connectivity index (χ2n) is 8.33.